The Bertz CT molecular complexity index is 3950. The summed E-state index contributed by atoms with van der Waals surface area (Å²) in [6.45, 7) is 0. The van der Waals surface area contributed by atoms with Crippen LogP contribution in [0, 0.1) is 0 Å². The van der Waals surface area contributed by atoms with Gasteiger partial charge < -0.3 is 9.32 Å². The number of hydrogen-bond donors (Lipinski definition) is 0. The number of allylic oxidation sites excluding steroid dienone is 7. The maximum absolute atomic E-state index is 6.64. The topological polar surface area (TPSA) is 16.4 Å². The van der Waals surface area contributed by atoms with E-state index < -0.39 is 10.8 Å². The highest BCUT2D eigenvalue weighted by atomic mass is 16.3. The predicted octanol–water partition coefficient (Wildman–Crippen LogP) is 17.5. The van der Waals surface area contributed by atoms with Gasteiger partial charge in [-0.1, -0.05) is 206 Å². The van der Waals surface area contributed by atoms with Gasteiger partial charge in [-0.25, -0.2) is 0 Å². The van der Waals surface area contributed by atoms with E-state index in [9.17, 15) is 0 Å². The summed E-state index contributed by atoms with van der Waals surface area (Å²) in [6.07, 6.45) is 20.9. The molecule has 10 aromatic rings. The molecule has 2 nitrogen and oxygen atoms in total. The summed E-state index contributed by atoms with van der Waals surface area (Å²) in [4.78, 5) is 2.41. The molecule has 0 amide bonds. The molecule has 1 unspecified atom stereocenters. The van der Waals surface area contributed by atoms with Crippen LogP contribution >= 0.6 is 0 Å². The van der Waals surface area contributed by atoms with Gasteiger partial charge in [-0.15, -0.1) is 0 Å². The molecule has 9 aromatic carbocycles. The number of hydrogen-bond acceptors (Lipinski definition) is 2. The summed E-state index contributed by atoms with van der Waals surface area (Å²) < 4.78 is 6.64. The van der Waals surface area contributed by atoms with Gasteiger partial charge in [-0.3, -0.25) is 0 Å². The minimum atomic E-state index is -0.498. The number of benzene rings is 9. The van der Waals surface area contributed by atoms with Crippen molar-refractivity contribution in [2.75, 3.05) is 4.90 Å². The van der Waals surface area contributed by atoms with Crippen LogP contribution in [0.2, 0.25) is 0 Å². The van der Waals surface area contributed by atoms with Gasteiger partial charge in [-0.05, 0) is 151 Å². The minimum absolute atomic E-state index is 0.231. The van der Waals surface area contributed by atoms with E-state index in [2.05, 4.69) is 260 Å². The van der Waals surface area contributed by atoms with Crippen LogP contribution in [0.25, 0.3) is 55.8 Å². The molecule has 2 spiro atoms. The highest BCUT2D eigenvalue weighted by molar-refractivity contribution is 6.06. The Hall–Kier alpha value is -8.72. The van der Waals surface area contributed by atoms with E-state index in [1.54, 1.807) is 0 Å². The first-order chi connectivity index (χ1) is 35.7. The maximum Gasteiger partial charge on any atom is 0.137 e. The van der Waals surface area contributed by atoms with Crippen molar-refractivity contribution in [2.24, 2.45) is 0 Å². The van der Waals surface area contributed by atoms with Crippen LogP contribution in [0.15, 0.2) is 259 Å². The van der Waals surface area contributed by atoms with Crippen LogP contribution in [0.4, 0.5) is 11.4 Å². The zero-order valence-corrected chi connectivity index (χ0v) is 39.8. The summed E-state index contributed by atoms with van der Waals surface area (Å²) in [6, 6.07) is 77.8. The number of para-hydroxylation sites is 1. The minimum Gasteiger partial charge on any atom is -0.456 e. The molecular formula is C70H49NO. The van der Waals surface area contributed by atoms with Crippen molar-refractivity contribution < 1.29 is 4.42 Å². The van der Waals surface area contributed by atoms with E-state index in [-0.39, 0.29) is 6.04 Å². The largest absolute Gasteiger partial charge is 0.456 e. The van der Waals surface area contributed by atoms with Gasteiger partial charge in [-0.2, -0.15) is 0 Å². The standard InChI is InChI=1S/C70H49NO/c1-3-17-50(18-4-1)71(51-19-5-2-6-20-51)52-39-41-58-57-40-35-47(43-67(57)72-68(58)45-52)32-31-46-33-36-48(37-34-46)49-38-42-65-66(44-49)70(61-27-13-9-23-55(61)56-24-10-14-28-62(56)70)64-30-16-15-29-63(64)69(65)59-25-11-7-21-53(59)54-22-8-12-26-60(54)69/h1-19,21-33,35-36,38-45,51H,20,34,37H2/b32-31+. The first-order valence-electron chi connectivity index (χ1n) is 25.6. The lowest BCUT2D eigenvalue weighted by Crippen LogP contribution is -2.43. The van der Waals surface area contributed by atoms with E-state index in [0.717, 1.165) is 52.5 Å². The molecule has 0 saturated carbocycles. The molecule has 0 aliphatic heterocycles. The number of rotatable bonds is 6. The molecule has 5 aliphatic rings. The van der Waals surface area contributed by atoms with Gasteiger partial charge >= 0.3 is 0 Å². The van der Waals surface area contributed by atoms with E-state index >= 15 is 0 Å². The predicted molar refractivity (Wildman–Crippen MR) is 298 cm³/mol. The van der Waals surface area contributed by atoms with Crippen LogP contribution in [-0.2, 0) is 10.8 Å². The SMILES string of the molecule is C1=CCC(N(c2ccccc2)c2ccc3c(c2)oc2cc(/C=C/C4=CC=C(c5ccc6c(c5)C5(c7ccccc7-c7ccccc75)c5ccccc5C65c6ccccc6-c6ccccc65)CC4)ccc23)C=C1. The summed E-state index contributed by atoms with van der Waals surface area (Å²) >= 11 is 0. The Morgan fingerprint density at radius 3 is 1.58 bits per heavy atom. The lowest BCUT2D eigenvalue weighted by molar-refractivity contribution is 0.632. The van der Waals surface area contributed by atoms with Gasteiger partial charge in [0, 0.05) is 28.2 Å². The van der Waals surface area contributed by atoms with Crippen LogP contribution < -0.4 is 4.90 Å². The van der Waals surface area contributed by atoms with Crippen molar-refractivity contribution in [1.29, 1.82) is 0 Å². The molecule has 0 radical (unpaired) electrons. The zero-order chi connectivity index (χ0) is 47.4. The van der Waals surface area contributed by atoms with Crippen molar-refractivity contribution in [3.05, 3.63) is 310 Å². The summed E-state index contributed by atoms with van der Waals surface area (Å²) in [5.41, 5.74) is 24.5. The molecule has 0 fully saturated rings. The van der Waals surface area contributed by atoms with Gasteiger partial charge in [0.25, 0.3) is 0 Å². The van der Waals surface area contributed by atoms with E-state index in [4.69, 9.17) is 4.42 Å². The molecule has 0 N–H and O–H groups in total. The maximum atomic E-state index is 6.64. The molecule has 0 bridgehead atoms. The first-order valence-corrected chi connectivity index (χ1v) is 25.6. The van der Waals surface area contributed by atoms with E-state index in [1.807, 2.05) is 0 Å². The number of fused-ring (bicyclic) bond motifs is 19. The molecule has 15 rings (SSSR count). The lowest BCUT2D eigenvalue weighted by Gasteiger charge is -2.49. The Morgan fingerprint density at radius 2 is 0.986 bits per heavy atom. The fraction of sp³-hybridized carbons (Fsp3) is 0.0857. The van der Waals surface area contributed by atoms with Gasteiger partial charge in [0.15, 0.2) is 0 Å². The molecule has 340 valence electrons. The summed E-state index contributed by atoms with van der Waals surface area (Å²) in [5.74, 6) is 0. The Balaban J connectivity index is 0.813. The summed E-state index contributed by atoms with van der Waals surface area (Å²) in [5, 5.41) is 2.27. The van der Waals surface area contributed by atoms with Gasteiger partial charge in [0.05, 0.1) is 16.9 Å². The van der Waals surface area contributed by atoms with Crippen LogP contribution in [0.1, 0.15) is 74.9 Å². The molecule has 0 saturated heterocycles. The second-order valence-electron chi connectivity index (χ2n) is 20.1. The van der Waals surface area contributed by atoms with Gasteiger partial charge in [0.2, 0.25) is 0 Å². The molecule has 5 aliphatic carbocycles. The zero-order valence-electron chi connectivity index (χ0n) is 39.8. The Morgan fingerprint density at radius 1 is 0.431 bits per heavy atom. The highest BCUT2D eigenvalue weighted by Crippen LogP contribution is 2.67. The molecule has 1 atom stereocenters. The fourth-order valence-corrected chi connectivity index (χ4v) is 13.6. The normalized spacial score (nSPS) is 17.1. The van der Waals surface area contributed by atoms with Crippen molar-refractivity contribution in [3.8, 4) is 22.3 Å². The van der Waals surface area contributed by atoms with Crippen molar-refractivity contribution in [1.82, 2.24) is 0 Å². The number of furan rings is 1. The van der Waals surface area contributed by atoms with E-state index in [0.29, 0.717) is 0 Å². The highest BCUT2D eigenvalue weighted by Gasteiger charge is 2.59. The Labute approximate surface area is 420 Å². The molecule has 72 heavy (non-hydrogen) atoms. The second-order valence-corrected chi connectivity index (χ2v) is 20.1. The fourth-order valence-electron chi connectivity index (χ4n) is 13.6. The first kappa shape index (κ1) is 41.1. The monoisotopic (exact) mass is 919 g/mol. The van der Waals surface area contributed by atoms with Crippen LogP contribution in [0.5, 0.6) is 0 Å². The van der Waals surface area contributed by atoms with Crippen LogP contribution in [0.3, 0.4) is 0 Å². The Kier molecular flexibility index (Phi) is 9.08. The second kappa shape index (κ2) is 15.9. The third-order valence-electron chi connectivity index (χ3n) is 16.6. The third-order valence-corrected chi connectivity index (χ3v) is 16.6. The average Bonchev–Trinajstić information content (AvgIpc) is 4.07. The number of nitrogens with zero attached hydrogens (tertiary/aromatic N) is 1. The van der Waals surface area contributed by atoms with Gasteiger partial charge in [0.1, 0.15) is 11.2 Å². The third kappa shape index (κ3) is 5.78. The van der Waals surface area contributed by atoms with Crippen LogP contribution in [-0.4, -0.2) is 6.04 Å². The molecule has 1 aromatic heterocycles. The summed E-state index contributed by atoms with van der Waals surface area (Å²) in [7, 11) is 0. The van der Waals surface area contributed by atoms with Crippen molar-refractivity contribution >= 4 is 45.0 Å². The van der Waals surface area contributed by atoms with E-state index in [1.165, 1.54) is 89.2 Å². The lowest BCUT2D eigenvalue weighted by atomic mass is 9.52. The number of anilines is 2. The molecular weight excluding hydrogens is 871 g/mol. The smallest absolute Gasteiger partial charge is 0.137 e. The van der Waals surface area contributed by atoms with Crippen molar-refractivity contribution in [2.45, 2.75) is 36.1 Å². The molecule has 1 heterocycles. The average molecular weight is 920 g/mol. The quantitative estimate of drug-likeness (QED) is 0.165. The van der Waals surface area contributed by atoms with Crippen molar-refractivity contribution in [3.63, 3.8) is 0 Å². The molecule has 2 heteroatoms.